The molecule has 0 N–H and O–H groups in total. The third-order valence-corrected chi connectivity index (χ3v) is 10.1. The molecule has 0 saturated carbocycles. The second kappa shape index (κ2) is 12.0. The molecule has 0 bridgehead atoms. The minimum absolute atomic E-state index is 0.614. The third-order valence-electron chi connectivity index (χ3n) is 10.1. The summed E-state index contributed by atoms with van der Waals surface area (Å²) in [5.74, 6) is 0. The summed E-state index contributed by atoms with van der Waals surface area (Å²) in [6, 6.07) is 63.9. The molecule has 0 saturated heterocycles. The maximum absolute atomic E-state index is 7.42. The van der Waals surface area contributed by atoms with Crippen molar-refractivity contribution in [3.63, 3.8) is 0 Å². The molecule has 0 aliphatic heterocycles. The fraction of sp³-hybridized carbons (Fsp3) is 0. The highest BCUT2D eigenvalue weighted by molar-refractivity contribution is 6.26. The first kappa shape index (κ1) is 29.7. The molecule has 10 rings (SSSR count). The van der Waals surface area contributed by atoms with E-state index >= 15 is 0 Å². The van der Waals surface area contributed by atoms with Crippen LogP contribution in [0.1, 0.15) is 0 Å². The summed E-state index contributed by atoms with van der Waals surface area (Å²) in [6.45, 7) is 7.42. The van der Waals surface area contributed by atoms with Crippen LogP contribution in [0.5, 0.6) is 0 Å². The molecule has 4 nitrogen and oxygen atoms in total. The average Bonchev–Trinajstić information content (AvgIpc) is 3.74. The van der Waals surface area contributed by atoms with E-state index in [2.05, 4.69) is 166 Å². The summed E-state index contributed by atoms with van der Waals surface area (Å²) in [7, 11) is 0. The zero-order chi connectivity index (χ0) is 34.6. The van der Waals surface area contributed by atoms with Crippen molar-refractivity contribution in [1.29, 1.82) is 0 Å². The average molecular weight is 663 g/mol. The van der Waals surface area contributed by atoms with E-state index in [1.54, 1.807) is 0 Å². The van der Waals surface area contributed by atoms with Gasteiger partial charge in [-0.1, -0.05) is 127 Å². The van der Waals surface area contributed by atoms with Crippen LogP contribution in [-0.4, -0.2) is 14.1 Å². The van der Waals surface area contributed by atoms with Gasteiger partial charge in [-0.3, -0.25) is 0 Å². The van der Waals surface area contributed by atoms with Gasteiger partial charge >= 0.3 is 0 Å². The molecule has 0 atom stereocenters. The molecule has 10 aromatic rings. The number of pyridine rings is 1. The third kappa shape index (κ3) is 4.72. The minimum atomic E-state index is 0.614. The van der Waals surface area contributed by atoms with E-state index < -0.39 is 0 Å². The molecule has 0 spiro atoms. The number of rotatable bonds is 5. The largest absolute Gasteiger partial charge is 0.309 e. The zero-order valence-electron chi connectivity index (χ0n) is 28.1. The summed E-state index contributed by atoms with van der Waals surface area (Å²) in [5.41, 5.74) is 13.5. The molecule has 7 aromatic carbocycles. The molecule has 242 valence electrons. The van der Waals surface area contributed by atoms with E-state index in [1.165, 1.54) is 38.1 Å². The van der Waals surface area contributed by atoms with Crippen LogP contribution in [0.2, 0.25) is 0 Å². The maximum Gasteiger partial charge on any atom is 0.187 e. The van der Waals surface area contributed by atoms with Crippen LogP contribution in [0.15, 0.2) is 182 Å². The Bertz CT molecular complexity index is 3000. The summed E-state index contributed by atoms with van der Waals surface area (Å²) in [6.07, 6.45) is 0. The van der Waals surface area contributed by atoms with Gasteiger partial charge in [-0.05, 0) is 71.3 Å². The fourth-order valence-corrected chi connectivity index (χ4v) is 7.77. The van der Waals surface area contributed by atoms with Gasteiger partial charge in [0.15, 0.2) is 5.69 Å². The molecule has 3 heterocycles. The number of hydrogen-bond donors (Lipinski definition) is 0. The van der Waals surface area contributed by atoms with E-state index in [4.69, 9.17) is 11.6 Å². The van der Waals surface area contributed by atoms with Crippen LogP contribution in [0.25, 0.3) is 93.5 Å². The number of aromatic nitrogens is 3. The molecule has 0 fully saturated rings. The molecule has 0 aliphatic carbocycles. The first-order valence-corrected chi connectivity index (χ1v) is 17.4. The quantitative estimate of drug-likeness (QED) is 0.169. The number of nitrogens with zero attached hydrogens (tertiary/aromatic N) is 4. The van der Waals surface area contributed by atoms with Gasteiger partial charge < -0.3 is 9.13 Å². The lowest BCUT2D eigenvalue weighted by Gasteiger charge is -2.13. The van der Waals surface area contributed by atoms with Gasteiger partial charge in [-0.2, -0.15) is 0 Å². The number of fused-ring (bicyclic) bond motifs is 7. The molecular formula is C48H30N4. The maximum atomic E-state index is 7.42. The van der Waals surface area contributed by atoms with Crippen molar-refractivity contribution in [1.82, 2.24) is 14.1 Å². The molecular weight excluding hydrogens is 633 g/mol. The Morgan fingerprint density at radius 1 is 0.404 bits per heavy atom. The fourth-order valence-electron chi connectivity index (χ4n) is 7.77. The van der Waals surface area contributed by atoms with Crippen molar-refractivity contribution in [3.8, 4) is 45.0 Å². The van der Waals surface area contributed by atoms with Crippen LogP contribution in [0, 0.1) is 6.57 Å². The van der Waals surface area contributed by atoms with Gasteiger partial charge in [-0.15, -0.1) is 0 Å². The van der Waals surface area contributed by atoms with Crippen LogP contribution in [0.4, 0.5) is 5.69 Å². The van der Waals surface area contributed by atoms with Gasteiger partial charge in [0, 0.05) is 38.5 Å². The Hall–Kier alpha value is -7.22. The second-order valence-corrected chi connectivity index (χ2v) is 13.1. The highest BCUT2D eigenvalue weighted by Crippen LogP contribution is 2.42. The van der Waals surface area contributed by atoms with E-state index in [9.17, 15) is 0 Å². The second-order valence-electron chi connectivity index (χ2n) is 13.1. The van der Waals surface area contributed by atoms with Gasteiger partial charge in [0.05, 0.1) is 40.0 Å². The van der Waals surface area contributed by atoms with E-state index in [-0.39, 0.29) is 0 Å². The lowest BCUT2D eigenvalue weighted by Crippen LogP contribution is -1.97. The Morgan fingerprint density at radius 2 is 1.02 bits per heavy atom. The lowest BCUT2D eigenvalue weighted by atomic mass is 9.99. The van der Waals surface area contributed by atoms with Crippen LogP contribution in [0.3, 0.4) is 0 Å². The SMILES string of the molecule is [C-]#[N+]c1ccc(-c2cc(-c3ccccc3)cc(-c3cccc(-n4c5ccccc5c5ccc6c(c7ccccc7n6-c6ccccc6)c54)c3)n2)cc1. The first-order chi connectivity index (χ1) is 25.7. The number of benzene rings is 7. The molecule has 52 heavy (non-hydrogen) atoms. The molecule has 0 amide bonds. The Kier molecular flexibility index (Phi) is 6.84. The lowest BCUT2D eigenvalue weighted by molar-refractivity contribution is 1.17. The summed E-state index contributed by atoms with van der Waals surface area (Å²) < 4.78 is 4.82. The Morgan fingerprint density at radius 3 is 1.77 bits per heavy atom. The normalized spacial score (nSPS) is 11.4. The van der Waals surface area contributed by atoms with Gasteiger partial charge in [0.25, 0.3) is 0 Å². The topological polar surface area (TPSA) is 27.1 Å². The standard InChI is InChI=1S/C48H30N4/c1-49-36-25-23-33(24-26-36)42-30-35(32-13-4-2-5-14-32)31-43(50-42)34-15-12-18-38(29-34)52-44-21-10-8-19-39(44)40-27-28-46-47(48(40)52)41-20-9-11-22-45(41)51(46)37-16-6-3-7-17-37/h2-31H. The highest BCUT2D eigenvalue weighted by Gasteiger charge is 2.21. The summed E-state index contributed by atoms with van der Waals surface area (Å²) in [5, 5.41) is 4.89. The molecule has 0 radical (unpaired) electrons. The minimum Gasteiger partial charge on any atom is -0.309 e. The van der Waals surface area contributed by atoms with Crippen LogP contribution >= 0.6 is 0 Å². The predicted octanol–water partition coefficient (Wildman–Crippen LogP) is 12.8. The Balaban J connectivity index is 1.24. The number of para-hydroxylation sites is 3. The van der Waals surface area contributed by atoms with Crippen molar-refractivity contribution in [3.05, 3.63) is 193 Å². The number of hydrogen-bond acceptors (Lipinski definition) is 1. The van der Waals surface area contributed by atoms with Gasteiger partial charge in [0.1, 0.15) is 0 Å². The Labute approximate surface area is 300 Å². The zero-order valence-corrected chi connectivity index (χ0v) is 28.1. The van der Waals surface area contributed by atoms with Crippen LogP contribution < -0.4 is 0 Å². The first-order valence-electron chi connectivity index (χ1n) is 17.4. The van der Waals surface area contributed by atoms with Crippen molar-refractivity contribution in [2.75, 3.05) is 0 Å². The van der Waals surface area contributed by atoms with E-state index in [0.29, 0.717) is 5.69 Å². The monoisotopic (exact) mass is 662 g/mol. The summed E-state index contributed by atoms with van der Waals surface area (Å²) >= 11 is 0. The van der Waals surface area contributed by atoms with Crippen molar-refractivity contribution in [2.45, 2.75) is 0 Å². The smallest absolute Gasteiger partial charge is 0.187 e. The van der Waals surface area contributed by atoms with Crippen molar-refractivity contribution < 1.29 is 0 Å². The highest BCUT2D eigenvalue weighted by atomic mass is 15.0. The molecule has 4 heteroatoms. The molecule has 3 aromatic heterocycles. The molecule has 0 aliphatic rings. The van der Waals surface area contributed by atoms with Crippen molar-refractivity contribution >= 4 is 49.3 Å². The van der Waals surface area contributed by atoms with Crippen molar-refractivity contribution in [2.24, 2.45) is 0 Å². The predicted molar refractivity (Wildman–Crippen MR) is 215 cm³/mol. The van der Waals surface area contributed by atoms with Gasteiger partial charge in [0.2, 0.25) is 0 Å². The van der Waals surface area contributed by atoms with Gasteiger partial charge in [-0.25, -0.2) is 9.83 Å². The summed E-state index contributed by atoms with van der Waals surface area (Å²) in [4.78, 5) is 8.83. The molecule has 0 unspecified atom stereocenters. The van der Waals surface area contributed by atoms with E-state index in [1.807, 2.05) is 30.3 Å². The van der Waals surface area contributed by atoms with Crippen LogP contribution in [-0.2, 0) is 0 Å². The van der Waals surface area contributed by atoms with E-state index in [0.717, 1.165) is 50.5 Å².